The van der Waals surface area contributed by atoms with E-state index < -0.39 is 5.76 Å². The van der Waals surface area contributed by atoms with Crippen LogP contribution in [-0.4, -0.2) is 15.7 Å². The molecular weight excluding hydrogens is 258 g/mol. The molecule has 0 saturated heterocycles. The number of benzene rings is 1. The van der Waals surface area contributed by atoms with E-state index >= 15 is 0 Å². The van der Waals surface area contributed by atoms with E-state index in [9.17, 15) is 13.6 Å². The lowest BCUT2D eigenvalue weighted by Gasteiger charge is -2.03. The molecule has 1 aromatic heterocycles. The number of rotatable bonds is 3. The molecule has 2 aromatic rings. The average Bonchev–Trinajstić information content (AvgIpc) is 2.27. The first kappa shape index (κ1) is 12.8. The van der Waals surface area contributed by atoms with Gasteiger partial charge in [-0.3, -0.25) is 4.79 Å². The van der Waals surface area contributed by atoms with Gasteiger partial charge in [0, 0.05) is 16.5 Å². The molecule has 18 heavy (non-hydrogen) atoms. The van der Waals surface area contributed by atoms with E-state index in [1.165, 1.54) is 6.07 Å². The molecule has 0 saturated carbocycles. The molecular formula is C12H10F2N2OS. The maximum atomic E-state index is 12.2. The van der Waals surface area contributed by atoms with Crippen LogP contribution >= 0.6 is 11.8 Å². The maximum absolute atomic E-state index is 12.2. The molecule has 0 aliphatic carbocycles. The highest BCUT2D eigenvalue weighted by Gasteiger charge is 2.06. The minimum atomic E-state index is -2.43. The van der Waals surface area contributed by atoms with Crippen molar-refractivity contribution in [2.45, 2.75) is 17.6 Å². The molecule has 0 bridgehead atoms. The molecule has 0 aliphatic heterocycles. The maximum Gasteiger partial charge on any atom is 0.288 e. The predicted molar refractivity (Wildman–Crippen MR) is 66.9 cm³/mol. The highest BCUT2D eigenvalue weighted by atomic mass is 32.2. The fraction of sp³-hybridized carbons (Fsp3) is 0.167. The predicted octanol–water partition coefficient (Wildman–Crippen LogP) is 3.06. The Morgan fingerprint density at radius 1 is 1.28 bits per heavy atom. The molecule has 0 atom stereocenters. The third-order valence-corrected chi connectivity index (χ3v) is 2.96. The highest BCUT2D eigenvalue weighted by Crippen LogP contribution is 2.27. The van der Waals surface area contributed by atoms with Gasteiger partial charge in [0.1, 0.15) is 5.82 Å². The van der Waals surface area contributed by atoms with E-state index in [1.54, 1.807) is 31.2 Å². The lowest BCUT2D eigenvalue weighted by Crippen LogP contribution is -2.08. The number of hydrogen-bond donors (Lipinski definition) is 1. The van der Waals surface area contributed by atoms with Crippen LogP contribution in [-0.2, 0) is 0 Å². The lowest BCUT2D eigenvalue weighted by atomic mass is 10.1. The van der Waals surface area contributed by atoms with Gasteiger partial charge in [0.2, 0.25) is 0 Å². The van der Waals surface area contributed by atoms with Gasteiger partial charge >= 0.3 is 0 Å². The van der Waals surface area contributed by atoms with E-state index in [2.05, 4.69) is 9.97 Å². The number of thioether (sulfide) groups is 1. The molecule has 0 amide bonds. The summed E-state index contributed by atoms with van der Waals surface area (Å²) >= 11 is 0.487. The molecule has 1 aromatic carbocycles. The summed E-state index contributed by atoms with van der Waals surface area (Å²) in [6, 6.07) is 7.90. The van der Waals surface area contributed by atoms with E-state index in [0.717, 1.165) is 5.56 Å². The molecule has 6 heteroatoms. The Morgan fingerprint density at radius 3 is 2.50 bits per heavy atom. The fourth-order valence-corrected chi connectivity index (χ4v) is 2.03. The zero-order valence-electron chi connectivity index (χ0n) is 9.48. The van der Waals surface area contributed by atoms with Gasteiger partial charge in [-0.15, -0.1) is 0 Å². The number of hydrogen-bond acceptors (Lipinski definition) is 3. The molecule has 0 unspecified atom stereocenters. The van der Waals surface area contributed by atoms with Crippen LogP contribution < -0.4 is 5.56 Å². The normalized spacial score (nSPS) is 10.9. The summed E-state index contributed by atoms with van der Waals surface area (Å²) < 4.78 is 24.3. The highest BCUT2D eigenvalue weighted by molar-refractivity contribution is 7.99. The van der Waals surface area contributed by atoms with Crippen LogP contribution in [0.1, 0.15) is 5.82 Å². The Kier molecular flexibility index (Phi) is 3.76. The van der Waals surface area contributed by atoms with Crippen LogP contribution in [0.3, 0.4) is 0 Å². The molecule has 3 nitrogen and oxygen atoms in total. The minimum Gasteiger partial charge on any atom is -0.311 e. The van der Waals surface area contributed by atoms with E-state index in [4.69, 9.17) is 0 Å². The van der Waals surface area contributed by atoms with Gasteiger partial charge in [-0.1, -0.05) is 23.9 Å². The third kappa shape index (κ3) is 3.16. The molecule has 94 valence electrons. The number of alkyl halides is 2. The van der Waals surface area contributed by atoms with Crippen LogP contribution in [0, 0.1) is 6.92 Å². The zero-order chi connectivity index (χ0) is 13.1. The summed E-state index contributed by atoms with van der Waals surface area (Å²) in [5.41, 5.74) is 1.02. The zero-order valence-corrected chi connectivity index (χ0v) is 10.3. The van der Waals surface area contributed by atoms with Crippen molar-refractivity contribution in [2.75, 3.05) is 0 Å². The van der Waals surface area contributed by atoms with E-state index in [-0.39, 0.29) is 5.56 Å². The van der Waals surface area contributed by atoms with Gasteiger partial charge in [0.25, 0.3) is 11.3 Å². The monoisotopic (exact) mass is 268 g/mol. The number of nitrogens with zero attached hydrogens (tertiary/aromatic N) is 1. The number of nitrogens with one attached hydrogen (secondary N) is 1. The van der Waals surface area contributed by atoms with Gasteiger partial charge in [0.05, 0.1) is 5.69 Å². The van der Waals surface area contributed by atoms with Gasteiger partial charge in [0.15, 0.2) is 0 Å². The number of aryl methyl sites for hydroxylation is 1. The average molecular weight is 268 g/mol. The van der Waals surface area contributed by atoms with Crippen LogP contribution in [0.2, 0.25) is 0 Å². The van der Waals surface area contributed by atoms with Gasteiger partial charge in [-0.2, -0.15) is 8.78 Å². The van der Waals surface area contributed by atoms with Gasteiger partial charge < -0.3 is 4.98 Å². The summed E-state index contributed by atoms with van der Waals surface area (Å²) in [4.78, 5) is 18.5. The Hall–Kier alpha value is -1.69. The Morgan fingerprint density at radius 2 is 1.94 bits per heavy atom. The molecule has 1 N–H and O–H groups in total. The van der Waals surface area contributed by atoms with Crippen LogP contribution in [0.15, 0.2) is 40.0 Å². The second kappa shape index (κ2) is 5.30. The largest absolute Gasteiger partial charge is 0.311 e. The molecule has 0 aliphatic rings. The molecule has 0 fully saturated rings. The topological polar surface area (TPSA) is 45.8 Å². The number of aromatic amines is 1. The van der Waals surface area contributed by atoms with Gasteiger partial charge in [-0.25, -0.2) is 4.98 Å². The molecule has 0 radical (unpaired) electrons. The Balaban J connectivity index is 2.31. The van der Waals surface area contributed by atoms with Crippen molar-refractivity contribution in [3.05, 3.63) is 46.5 Å². The first-order valence-corrected chi connectivity index (χ1v) is 6.06. The molecule has 2 rings (SSSR count). The van der Waals surface area contributed by atoms with E-state index in [0.29, 0.717) is 28.2 Å². The van der Waals surface area contributed by atoms with Crippen LogP contribution in [0.4, 0.5) is 8.78 Å². The Bertz CT molecular complexity index is 596. The second-order valence-corrected chi connectivity index (χ2v) is 4.68. The van der Waals surface area contributed by atoms with Crippen LogP contribution in [0.25, 0.3) is 11.3 Å². The number of halogens is 2. The van der Waals surface area contributed by atoms with Crippen LogP contribution in [0.5, 0.6) is 0 Å². The summed E-state index contributed by atoms with van der Waals surface area (Å²) in [5, 5.41) is 0. The van der Waals surface area contributed by atoms with Crippen molar-refractivity contribution in [2.24, 2.45) is 0 Å². The minimum absolute atomic E-state index is 0.233. The van der Waals surface area contributed by atoms with Crippen molar-refractivity contribution in [1.29, 1.82) is 0 Å². The number of aromatic nitrogens is 2. The third-order valence-electron chi connectivity index (χ3n) is 2.24. The van der Waals surface area contributed by atoms with Crippen molar-refractivity contribution >= 4 is 11.8 Å². The summed E-state index contributed by atoms with van der Waals surface area (Å²) in [7, 11) is 0. The van der Waals surface area contributed by atoms with Crippen molar-refractivity contribution in [3.63, 3.8) is 0 Å². The summed E-state index contributed by atoms with van der Waals surface area (Å²) in [6.45, 7) is 1.69. The lowest BCUT2D eigenvalue weighted by molar-refractivity contribution is 0.252. The van der Waals surface area contributed by atoms with Crippen molar-refractivity contribution < 1.29 is 8.78 Å². The summed E-state index contributed by atoms with van der Waals surface area (Å²) in [6.07, 6.45) is 0. The second-order valence-electron chi connectivity index (χ2n) is 3.62. The van der Waals surface area contributed by atoms with Crippen molar-refractivity contribution in [3.8, 4) is 11.3 Å². The smallest absolute Gasteiger partial charge is 0.288 e. The van der Waals surface area contributed by atoms with Crippen molar-refractivity contribution in [1.82, 2.24) is 9.97 Å². The SMILES string of the molecule is Cc1nc(-c2ccc(SC(F)F)cc2)cc(=O)[nH]1. The standard InChI is InChI=1S/C12H10F2N2OS/c1-7-15-10(6-11(17)16-7)8-2-4-9(5-3-8)18-12(13)14/h2-6,12H,1H3,(H,15,16,17). The first-order chi connectivity index (χ1) is 8.54. The Labute approximate surface area is 106 Å². The number of H-pyrrole nitrogens is 1. The quantitative estimate of drug-likeness (QED) is 0.870. The molecule has 1 heterocycles. The molecule has 0 spiro atoms. The van der Waals surface area contributed by atoms with E-state index in [1.807, 2.05) is 0 Å². The summed E-state index contributed by atoms with van der Waals surface area (Å²) in [5.74, 6) is -1.92. The van der Waals surface area contributed by atoms with Gasteiger partial charge in [-0.05, 0) is 19.1 Å². The first-order valence-electron chi connectivity index (χ1n) is 5.18. The fourth-order valence-electron chi connectivity index (χ4n) is 1.53.